The third-order valence-corrected chi connectivity index (χ3v) is 5.71. The number of methoxy groups -OCH3 is 2. The molecule has 1 amide bonds. The van der Waals surface area contributed by atoms with Gasteiger partial charge in [0.25, 0.3) is 0 Å². The van der Waals surface area contributed by atoms with E-state index in [0.29, 0.717) is 40.0 Å². The van der Waals surface area contributed by atoms with Gasteiger partial charge in [0.1, 0.15) is 17.2 Å². The highest BCUT2D eigenvalue weighted by Crippen LogP contribution is 2.37. The van der Waals surface area contributed by atoms with Gasteiger partial charge >= 0.3 is 6.09 Å². The molecule has 7 heteroatoms. The van der Waals surface area contributed by atoms with E-state index in [1.165, 1.54) is 0 Å². The second-order valence-electron chi connectivity index (χ2n) is 8.06. The van der Waals surface area contributed by atoms with Crippen molar-refractivity contribution in [1.29, 1.82) is 0 Å². The number of benzene rings is 4. The highest BCUT2D eigenvalue weighted by molar-refractivity contribution is 5.89. The molecule has 37 heavy (non-hydrogen) atoms. The van der Waals surface area contributed by atoms with Crippen molar-refractivity contribution in [2.75, 3.05) is 19.5 Å². The summed E-state index contributed by atoms with van der Waals surface area (Å²) >= 11 is 0. The summed E-state index contributed by atoms with van der Waals surface area (Å²) in [6, 6.07) is 29.8. The first kappa shape index (κ1) is 23.7. The van der Waals surface area contributed by atoms with E-state index in [0.717, 1.165) is 16.5 Å². The average Bonchev–Trinajstić information content (AvgIpc) is 2.94. The first-order valence-electron chi connectivity index (χ1n) is 11.6. The van der Waals surface area contributed by atoms with Gasteiger partial charge in [0.15, 0.2) is 11.5 Å². The minimum atomic E-state index is -0.581. The van der Waals surface area contributed by atoms with Crippen LogP contribution in [0, 0.1) is 0 Å². The SMILES string of the molecule is COc1cc2nccc(Oc3ccc(NC(=O)Oc4ccc(-c5ccccc5)cc4)cc3)c2cc1OC. The fourth-order valence-corrected chi connectivity index (χ4v) is 3.87. The molecule has 1 aromatic heterocycles. The van der Waals surface area contributed by atoms with Crippen LogP contribution in [0.1, 0.15) is 0 Å². The minimum absolute atomic E-state index is 0.453. The van der Waals surface area contributed by atoms with Crippen LogP contribution >= 0.6 is 0 Å². The topological polar surface area (TPSA) is 78.9 Å². The Kier molecular flexibility index (Phi) is 6.85. The van der Waals surface area contributed by atoms with Gasteiger partial charge in [-0.15, -0.1) is 0 Å². The fourth-order valence-electron chi connectivity index (χ4n) is 3.87. The van der Waals surface area contributed by atoms with Gasteiger partial charge in [-0.3, -0.25) is 10.3 Å². The molecule has 4 aromatic carbocycles. The van der Waals surface area contributed by atoms with Gasteiger partial charge in [-0.25, -0.2) is 4.79 Å². The Balaban J connectivity index is 1.23. The maximum atomic E-state index is 12.4. The molecule has 0 aliphatic carbocycles. The molecule has 7 nitrogen and oxygen atoms in total. The van der Waals surface area contributed by atoms with Gasteiger partial charge in [-0.2, -0.15) is 0 Å². The molecule has 0 unspecified atom stereocenters. The number of hydrogen-bond donors (Lipinski definition) is 1. The van der Waals surface area contributed by atoms with E-state index < -0.39 is 6.09 Å². The summed E-state index contributed by atoms with van der Waals surface area (Å²) < 4.78 is 22.3. The molecule has 0 bridgehead atoms. The number of carbonyl (C=O) groups is 1. The van der Waals surface area contributed by atoms with Gasteiger partial charge in [0, 0.05) is 23.3 Å². The van der Waals surface area contributed by atoms with Gasteiger partial charge in [0.2, 0.25) is 0 Å². The lowest BCUT2D eigenvalue weighted by Crippen LogP contribution is -2.16. The number of carbonyl (C=O) groups excluding carboxylic acids is 1. The average molecular weight is 493 g/mol. The molecule has 0 saturated carbocycles. The predicted octanol–water partition coefficient (Wildman–Crippen LogP) is 7.32. The number of aromatic nitrogens is 1. The van der Waals surface area contributed by atoms with E-state index in [1.807, 2.05) is 48.5 Å². The van der Waals surface area contributed by atoms with Crippen LogP contribution in [-0.4, -0.2) is 25.3 Å². The first-order valence-corrected chi connectivity index (χ1v) is 11.6. The lowest BCUT2D eigenvalue weighted by Gasteiger charge is -2.13. The third kappa shape index (κ3) is 5.46. The van der Waals surface area contributed by atoms with E-state index >= 15 is 0 Å². The highest BCUT2D eigenvalue weighted by atomic mass is 16.6. The maximum Gasteiger partial charge on any atom is 0.417 e. The zero-order valence-corrected chi connectivity index (χ0v) is 20.3. The second-order valence-corrected chi connectivity index (χ2v) is 8.06. The summed E-state index contributed by atoms with van der Waals surface area (Å²) in [4.78, 5) is 16.8. The van der Waals surface area contributed by atoms with Gasteiger partial charge < -0.3 is 18.9 Å². The number of anilines is 1. The lowest BCUT2D eigenvalue weighted by atomic mass is 10.1. The molecule has 0 radical (unpaired) electrons. The fraction of sp³-hybridized carbons (Fsp3) is 0.0667. The number of nitrogens with one attached hydrogen (secondary N) is 1. The zero-order chi connectivity index (χ0) is 25.6. The van der Waals surface area contributed by atoms with Crippen LogP contribution in [0.5, 0.6) is 28.7 Å². The molecule has 5 aromatic rings. The van der Waals surface area contributed by atoms with Crippen molar-refractivity contribution in [3.05, 3.63) is 103 Å². The van der Waals surface area contributed by atoms with Crippen LogP contribution in [0.2, 0.25) is 0 Å². The summed E-state index contributed by atoms with van der Waals surface area (Å²) in [5, 5.41) is 3.51. The summed E-state index contributed by atoms with van der Waals surface area (Å²) in [7, 11) is 3.16. The molecule has 0 spiro atoms. The van der Waals surface area contributed by atoms with E-state index in [9.17, 15) is 4.79 Å². The standard InChI is InChI=1S/C30H24N2O5/c1-34-28-18-25-26(19-29(28)35-2)31-17-16-27(25)36-23-14-10-22(11-15-23)32-30(33)37-24-12-8-21(9-13-24)20-6-4-3-5-7-20/h3-19H,1-2H3,(H,32,33). The monoisotopic (exact) mass is 492 g/mol. The van der Waals surface area contributed by atoms with Crippen molar-refractivity contribution >= 4 is 22.7 Å². The predicted molar refractivity (Wildman–Crippen MR) is 143 cm³/mol. The lowest BCUT2D eigenvalue weighted by molar-refractivity contribution is 0.215. The number of rotatable bonds is 7. The Labute approximate surface area is 214 Å². The van der Waals surface area contributed by atoms with Gasteiger partial charge in [-0.05, 0) is 59.7 Å². The van der Waals surface area contributed by atoms with E-state index in [4.69, 9.17) is 18.9 Å². The van der Waals surface area contributed by atoms with Crippen LogP contribution in [0.15, 0.2) is 103 Å². The normalized spacial score (nSPS) is 10.5. The van der Waals surface area contributed by atoms with E-state index in [2.05, 4.69) is 10.3 Å². The number of hydrogen-bond acceptors (Lipinski definition) is 6. The molecule has 0 saturated heterocycles. The van der Waals surface area contributed by atoms with Crippen molar-refractivity contribution < 1.29 is 23.7 Å². The second kappa shape index (κ2) is 10.7. The number of amides is 1. The Bertz CT molecular complexity index is 1520. The molecule has 0 aliphatic heterocycles. The van der Waals surface area contributed by atoms with Crippen LogP contribution < -0.4 is 24.3 Å². The molecule has 0 atom stereocenters. The quantitative estimate of drug-likeness (QED) is 0.256. The van der Waals surface area contributed by atoms with Crippen molar-refractivity contribution in [3.8, 4) is 39.9 Å². The first-order chi connectivity index (χ1) is 18.1. The van der Waals surface area contributed by atoms with Crippen molar-refractivity contribution in [1.82, 2.24) is 4.98 Å². The maximum absolute atomic E-state index is 12.4. The third-order valence-electron chi connectivity index (χ3n) is 5.71. The summed E-state index contributed by atoms with van der Waals surface area (Å²) in [5.41, 5.74) is 3.43. The van der Waals surface area contributed by atoms with Crippen molar-refractivity contribution in [3.63, 3.8) is 0 Å². The molecule has 0 fully saturated rings. The highest BCUT2D eigenvalue weighted by Gasteiger charge is 2.12. The molecular formula is C30H24N2O5. The molecule has 1 heterocycles. The molecule has 0 aliphatic rings. The van der Waals surface area contributed by atoms with Crippen molar-refractivity contribution in [2.45, 2.75) is 0 Å². The largest absolute Gasteiger partial charge is 0.493 e. The van der Waals surface area contributed by atoms with E-state index in [1.54, 1.807) is 68.9 Å². The van der Waals surface area contributed by atoms with Crippen LogP contribution in [0.25, 0.3) is 22.0 Å². The molecule has 5 rings (SSSR count). The zero-order valence-electron chi connectivity index (χ0n) is 20.3. The Morgan fingerprint density at radius 3 is 2.05 bits per heavy atom. The van der Waals surface area contributed by atoms with E-state index in [-0.39, 0.29) is 0 Å². The number of pyridine rings is 1. The Morgan fingerprint density at radius 1 is 0.703 bits per heavy atom. The Morgan fingerprint density at radius 2 is 1.35 bits per heavy atom. The summed E-state index contributed by atoms with van der Waals surface area (Å²) in [6.07, 6.45) is 1.09. The molecular weight excluding hydrogens is 468 g/mol. The number of nitrogens with zero attached hydrogens (tertiary/aromatic N) is 1. The summed E-state index contributed by atoms with van der Waals surface area (Å²) in [6.45, 7) is 0. The molecule has 184 valence electrons. The van der Waals surface area contributed by atoms with Crippen molar-refractivity contribution in [2.24, 2.45) is 0 Å². The van der Waals surface area contributed by atoms with Gasteiger partial charge in [0.05, 0.1) is 19.7 Å². The number of fused-ring (bicyclic) bond motifs is 1. The number of ether oxygens (including phenoxy) is 4. The smallest absolute Gasteiger partial charge is 0.417 e. The Hall–Kier alpha value is -5.04. The molecule has 1 N–H and O–H groups in total. The van der Waals surface area contributed by atoms with Crippen LogP contribution in [-0.2, 0) is 0 Å². The summed E-state index contributed by atoms with van der Waals surface area (Å²) in [5.74, 6) is 2.84. The minimum Gasteiger partial charge on any atom is -0.493 e. The van der Waals surface area contributed by atoms with Gasteiger partial charge in [-0.1, -0.05) is 42.5 Å². The van der Waals surface area contributed by atoms with Crippen LogP contribution in [0.3, 0.4) is 0 Å². The van der Waals surface area contributed by atoms with Crippen LogP contribution in [0.4, 0.5) is 10.5 Å².